The van der Waals surface area contributed by atoms with Crippen LogP contribution >= 0.6 is 0 Å². The number of carbonyl (C=O) groups is 1. The summed E-state index contributed by atoms with van der Waals surface area (Å²) in [5, 5.41) is 3.99. The van der Waals surface area contributed by atoms with Crippen molar-refractivity contribution in [1.82, 2.24) is 5.43 Å². The molecule has 0 aliphatic carbocycles. The molecule has 0 aromatic heterocycles. The van der Waals surface area contributed by atoms with Crippen LogP contribution in [0.4, 0.5) is 0 Å². The van der Waals surface area contributed by atoms with Gasteiger partial charge in [-0.05, 0) is 46.9 Å². The Bertz CT molecular complexity index is 774. The number of nitrogens with zero attached hydrogens (tertiary/aromatic N) is 1. The molecule has 1 heterocycles. The van der Waals surface area contributed by atoms with Crippen LogP contribution in [0.1, 0.15) is 42.3 Å². The van der Waals surface area contributed by atoms with E-state index in [1.807, 2.05) is 42.5 Å². The first-order valence-electron chi connectivity index (χ1n) is 7.77. The molecule has 0 spiro atoms. The van der Waals surface area contributed by atoms with E-state index >= 15 is 0 Å². The number of nitrogens with one attached hydrogen (secondary N) is 1. The highest BCUT2D eigenvalue weighted by atomic mass is 16.7. The summed E-state index contributed by atoms with van der Waals surface area (Å²) in [6.45, 7) is 6.64. The van der Waals surface area contributed by atoms with Crippen LogP contribution in [0, 0.1) is 0 Å². The van der Waals surface area contributed by atoms with Gasteiger partial charge in [-0.2, -0.15) is 5.10 Å². The van der Waals surface area contributed by atoms with Gasteiger partial charge in [-0.15, -0.1) is 0 Å². The van der Waals surface area contributed by atoms with Gasteiger partial charge in [0.2, 0.25) is 6.79 Å². The van der Waals surface area contributed by atoms with E-state index in [2.05, 4.69) is 31.3 Å². The van der Waals surface area contributed by atoms with Gasteiger partial charge in [0.25, 0.3) is 5.91 Å². The lowest BCUT2D eigenvalue weighted by molar-refractivity contribution is 0.0955. The molecule has 0 atom stereocenters. The number of fused-ring (bicyclic) bond motifs is 1. The number of hydrogen-bond acceptors (Lipinski definition) is 4. The van der Waals surface area contributed by atoms with Gasteiger partial charge in [0.1, 0.15) is 0 Å². The predicted molar refractivity (Wildman–Crippen MR) is 92.8 cm³/mol. The maximum absolute atomic E-state index is 12.1. The first kappa shape index (κ1) is 16.1. The summed E-state index contributed by atoms with van der Waals surface area (Å²) >= 11 is 0. The molecular weight excluding hydrogens is 304 g/mol. The van der Waals surface area contributed by atoms with E-state index in [-0.39, 0.29) is 18.1 Å². The van der Waals surface area contributed by atoms with Crippen molar-refractivity contribution in [3.63, 3.8) is 0 Å². The number of hydrazone groups is 1. The van der Waals surface area contributed by atoms with Crippen molar-refractivity contribution in [3.8, 4) is 11.5 Å². The van der Waals surface area contributed by atoms with Crippen LogP contribution in [0.15, 0.2) is 47.6 Å². The largest absolute Gasteiger partial charge is 0.454 e. The summed E-state index contributed by atoms with van der Waals surface area (Å²) in [7, 11) is 0. The molecule has 1 aliphatic rings. The minimum absolute atomic E-state index is 0.0620. The van der Waals surface area contributed by atoms with Crippen molar-refractivity contribution in [2.45, 2.75) is 26.2 Å². The fourth-order valence-electron chi connectivity index (χ4n) is 2.35. The van der Waals surface area contributed by atoms with Crippen LogP contribution in [0.25, 0.3) is 0 Å². The molecule has 2 aromatic rings. The molecule has 3 rings (SSSR count). The summed E-state index contributed by atoms with van der Waals surface area (Å²) in [5.74, 6) is 1.16. The van der Waals surface area contributed by atoms with Crippen molar-refractivity contribution in [2.75, 3.05) is 6.79 Å². The molecule has 0 saturated heterocycles. The molecule has 5 heteroatoms. The molecule has 124 valence electrons. The zero-order valence-electron chi connectivity index (χ0n) is 14.0. The second-order valence-electron chi connectivity index (χ2n) is 6.64. The quantitative estimate of drug-likeness (QED) is 0.694. The average molecular weight is 324 g/mol. The Morgan fingerprint density at radius 3 is 2.50 bits per heavy atom. The van der Waals surface area contributed by atoms with Gasteiger partial charge in [-0.1, -0.05) is 32.9 Å². The third kappa shape index (κ3) is 3.56. The Morgan fingerprint density at radius 1 is 1.08 bits per heavy atom. The van der Waals surface area contributed by atoms with Gasteiger partial charge < -0.3 is 9.47 Å². The van der Waals surface area contributed by atoms with Gasteiger partial charge in [-0.3, -0.25) is 4.79 Å². The molecule has 1 aliphatic heterocycles. The third-order valence-corrected chi connectivity index (χ3v) is 3.79. The molecule has 2 aromatic carbocycles. The number of rotatable bonds is 3. The predicted octanol–water partition coefficient (Wildman–Crippen LogP) is 3.48. The molecule has 5 nitrogen and oxygen atoms in total. The van der Waals surface area contributed by atoms with Crippen LogP contribution in [0.5, 0.6) is 11.5 Å². The lowest BCUT2D eigenvalue weighted by Gasteiger charge is -2.18. The number of hydrogen-bond donors (Lipinski definition) is 1. The number of ether oxygens (including phenoxy) is 2. The molecule has 0 unspecified atom stereocenters. The summed E-state index contributed by atoms with van der Waals surface area (Å²) in [5.41, 5.74) is 5.17. The van der Waals surface area contributed by atoms with Crippen LogP contribution in [-0.4, -0.2) is 18.9 Å². The molecule has 0 bridgehead atoms. The minimum atomic E-state index is -0.243. The van der Waals surface area contributed by atoms with Crippen LogP contribution in [0.2, 0.25) is 0 Å². The Balaban J connectivity index is 1.63. The molecular formula is C19H20N2O3. The smallest absolute Gasteiger partial charge is 0.271 e. The summed E-state index contributed by atoms with van der Waals surface area (Å²) in [6.07, 6.45) is 1.57. The highest BCUT2D eigenvalue weighted by Crippen LogP contribution is 2.31. The second kappa shape index (κ2) is 6.35. The monoisotopic (exact) mass is 324 g/mol. The summed E-state index contributed by atoms with van der Waals surface area (Å²) in [6, 6.07) is 13.0. The third-order valence-electron chi connectivity index (χ3n) is 3.79. The highest BCUT2D eigenvalue weighted by molar-refractivity contribution is 5.95. The standard InChI is InChI=1S/C19H20N2O3/c1-19(2,3)15-7-5-14(6-8-15)18(22)21-20-11-13-4-9-16-17(10-13)24-12-23-16/h4-11H,12H2,1-3H3,(H,21,22)/b20-11+. The molecule has 1 amide bonds. The molecule has 0 saturated carbocycles. The highest BCUT2D eigenvalue weighted by Gasteiger charge is 2.14. The Hall–Kier alpha value is -2.82. The fourth-order valence-corrected chi connectivity index (χ4v) is 2.35. The lowest BCUT2D eigenvalue weighted by atomic mass is 9.87. The van der Waals surface area contributed by atoms with Crippen LogP contribution in [-0.2, 0) is 5.41 Å². The molecule has 24 heavy (non-hydrogen) atoms. The normalized spacial score (nSPS) is 13.3. The van der Waals surface area contributed by atoms with Crippen molar-refractivity contribution in [1.29, 1.82) is 0 Å². The van der Waals surface area contributed by atoms with Crippen molar-refractivity contribution >= 4 is 12.1 Å². The SMILES string of the molecule is CC(C)(C)c1ccc(C(=O)N/N=C/c2ccc3c(c2)OCO3)cc1. The average Bonchev–Trinajstić information content (AvgIpc) is 3.02. The molecule has 0 radical (unpaired) electrons. The number of carbonyl (C=O) groups excluding carboxylic acids is 1. The van der Waals surface area contributed by atoms with Gasteiger partial charge in [0.05, 0.1) is 6.21 Å². The Labute approximate surface area is 141 Å². The van der Waals surface area contributed by atoms with Crippen molar-refractivity contribution < 1.29 is 14.3 Å². The topological polar surface area (TPSA) is 59.9 Å². The van der Waals surface area contributed by atoms with E-state index in [1.165, 1.54) is 5.56 Å². The zero-order valence-corrected chi connectivity index (χ0v) is 14.0. The summed E-state index contributed by atoms with van der Waals surface area (Å²) in [4.78, 5) is 12.1. The lowest BCUT2D eigenvalue weighted by Crippen LogP contribution is -2.18. The fraction of sp³-hybridized carbons (Fsp3) is 0.263. The van der Waals surface area contributed by atoms with E-state index in [0.29, 0.717) is 11.3 Å². The number of benzene rings is 2. The van der Waals surface area contributed by atoms with E-state index in [1.54, 1.807) is 6.21 Å². The number of amides is 1. The Morgan fingerprint density at radius 2 is 1.79 bits per heavy atom. The first-order valence-corrected chi connectivity index (χ1v) is 7.77. The van der Waals surface area contributed by atoms with E-state index in [4.69, 9.17) is 9.47 Å². The molecule has 0 fully saturated rings. The summed E-state index contributed by atoms with van der Waals surface area (Å²) < 4.78 is 10.6. The van der Waals surface area contributed by atoms with Crippen LogP contribution < -0.4 is 14.9 Å². The van der Waals surface area contributed by atoms with E-state index in [9.17, 15) is 4.79 Å². The maximum atomic E-state index is 12.1. The van der Waals surface area contributed by atoms with E-state index in [0.717, 1.165) is 11.3 Å². The van der Waals surface area contributed by atoms with Gasteiger partial charge >= 0.3 is 0 Å². The van der Waals surface area contributed by atoms with Gasteiger partial charge in [0, 0.05) is 5.56 Å². The first-order chi connectivity index (χ1) is 11.4. The van der Waals surface area contributed by atoms with E-state index < -0.39 is 0 Å². The van der Waals surface area contributed by atoms with Crippen molar-refractivity contribution in [3.05, 3.63) is 59.2 Å². The maximum Gasteiger partial charge on any atom is 0.271 e. The zero-order chi connectivity index (χ0) is 17.2. The van der Waals surface area contributed by atoms with Gasteiger partial charge in [0.15, 0.2) is 11.5 Å². The second-order valence-corrected chi connectivity index (χ2v) is 6.64. The molecule has 1 N–H and O–H groups in total. The van der Waals surface area contributed by atoms with Gasteiger partial charge in [-0.25, -0.2) is 5.43 Å². The van der Waals surface area contributed by atoms with Crippen LogP contribution in [0.3, 0.4) is 0 Å². The minimum Gasteiger partial charge on any atom is -0.454 e. The Kier molecular flexibility index (Phi) is 4.25. The van der Waals surface area contributed by atoms with Crippen molar-refractivity contribution in [2.24, 2.45) is 5.10 Å².